The smallest absolute Gasteiger partial charge is 0.266 e. The van der Waals surface area contributed by atoms with Crippen LogP contribution in [0.1, 0.15) is 10.5 Å². The molecule has 9 heteroatoms. The minimum Gasteiger partial charge on any atom is -0.266 e. The van der Waals surface area contributed by atoms with Crippen molar-refractivity contribution in [3.63, 3.8) is 0 Å². The molecule has 1 N–H and O–H groups in total. The number of para-hydroxylation sites is 1. The molecule has 2 heterocycles. The van der Waals surface area contributed by atoms with Gasteiger partial charge >= 0.3 is 0 Å². The van der Waals surface area contributed by atoms with E-state index in [4.69, 9.17) is 0 Å². The number of rotatable bonds is 4. The summed E-state index contributed by atoms with van der Waals surface area (Å²) < 4.78 is 27.4. The first-order valence-corrected chi connectivity index (χ1v) is 7.99. The molecule has 0 saturated heterocycles. The fourth-order valence-corrected chi connectivity index (χ4v) is 2.74. The van der Waals surface area contributed by atoms with Gasteiger partial charge < -0.3 is 0 Å². The van der Waals surface area contributed by atoms with Gasteiger partial charge in [0, 0.05) is 12.4 Å². The molecule has 3 aromatic rings. The Kier molecular flexibility index (Phi) is 3.85. The van der Waals surface area contributed by atoms with Crippen molar-refractivity contribution >= 4 is 15.9 Å². The lowest BCUT2D eigenvalue weighted by molar-refractivity contribution is 0.0976. The number of hydrogen-bond donors (Lipinski definition) is 1. The van der Waals surface area contributed by atoms with Crippen LogP contribution in [0.3, 0.4) is 0 Å². The highest BCUT2D eigenvalue weighted by molar-refractivity contribution is 7.90. The lowest BCUT2D eigenvalue weighted by Gasteiger charge is -2.04. The molecule has 1 amide bonds. The van der Waals surface area contributed by atoms with E-state index in [1.54, 1.807) is 12.1 Å². The van der Waals surface area contributed by atoms with Gasteiger partial charge in [0.15, 0.2) is 5.69 Å². The first-order valence-electron chi connectivity index (χ1n) is 6.51. The zero-order chi connectivity index (χ0) is 16.3. The maximum atomic E-state index is 12.1. The van der Waals surface area contributed by atoms with Gasteiger partial charge in [0.2, 0.25) is 0 Å². The highest BCUT2D eigenvalue weighted by atomic mass is 32.2. The Morgan fingerprint density at radius 3 is 2.57 bits per heavy atom. The van der Waals surface area contributed by atoms with Crippen molar-refractivity contribution in [3.05, 3.63) is 66.7 Å². The van der Waals surface area contributed by atoms with Crippen molar-refractivity contribution in [2.24, 2.45) is 0 Å². The summed E-state index contributed by atoms with van der Waals surface area (Å²) in [6, 6.07) is 11.8. The second kappa shape index (κ2) is 5.97. The topological polar surface area (TPSA) is 107 Å². The minimum atomic E-state index is -4.00. The molecule has 0 aliphatic heterocycles. The third-order valence-corrected chi connectivity index (χ3v) is 4.23. The molecule has 3 rings (SSSR count). The number of pyridine rings is 1. The Morgan fingerprint density at radius 2 is 1.87 bits per heavy atom. The van der Waals surface area contributed by atoms with Crippen LogP contribution in [0.2, 0.25) is 0 Å². The second-order valence-corrected chi connectivity index (χ2v) is 6.19. The maximum absolute atomic E-state index is 12.1. The molecule has 23 heavy (non-hydrogen) atoms. The Bertz CT molecular complexity index is 923. The minimum absolute atomic E-state index is 0.108. The second-order valence-electron chi connectivity index (χ2n) is 4.51. The average Bonchev–Trinajstić information content (AvgIpc) is 3.06. The summed E-state index contributed by atoms with van der Waals surface area (Å²) in [5.74, 6) is -0.865. The van der Waals surface area contributed by atoms with Crippen LogP contribution in [0.4, 0.5) is 0 Å². The molecule has 116 valence electrons. The molecule has 0 radical (unpaired) electrons. The van der Waals surface area contributed by atoms with Crippen molar-refractivity contribution in [1.29, 1.82) is 0 Å². The largest absolute Gasteiger partial charge is 0.287 e. The van der Waals surface area contributed by atoms with Crippen LogP contribution in [0.25, 0.3) is 5.69 Å². The quantitative estimate of drug-likeness (QED) is 0.758. The molecule has 0 aliphatic rings. The van der Waals surface area contributed by atoms with E-state index in [1.165, 1.54) is 29.2 Å². The highest BCUT2D eigenvalue weighted by Gasteiger charge is 2.21. The van der Waals surface area contributed by atoms with Crippen molar-refractivity contribution in [1.82, 2.24) is 24.7 Å². The van der Waals surface area contributed by atoms with Crippen LogP contribution < -0.4 is 4.72 Å². The first-order chi connectivity index (χ1) is 11.1. The fraction of sp³-hybridized carbons (Fsp3) is 0. The van der Waals surface area contributed by atoms with Crippen molar-refractivity contribution < 1.29 is 13.2 Å². The van der Waals surface area contributed by atoms with Crippen LogP contribution in [-0.2, 0) is 10.0 Å². The summed E-state index contributed by atoms with van der Waals surface area (Å²) in [5, 5.41) is 7.50. The molecule has 0 bridgehead atoms. The SMILES string of the molecule is O=C(NS(=O)(=O)c1cccnc1)c1cn(-c2ccccc2)nn1. The van der Waals surface area contributed by atoms with Crippen molar-refractivity contribution in [2.45, 2.75) is 4.90 Å². The van der Waals surface area contributed by atoms with Gasteiger partial charge in [-0.05, 0) is 24.3 Å². The molecule has 0 unspecified atom stereocenters. The molecule has 0 saturated carbocycles. The molecular formula is C14H11N5O3S. The highest BCUT2D eigenvalue weighted by Crippen LogP contribution is 2.08. The number of sulfonamides is 1. The molecular weight excluding hydrogens is 318 g/mol. The van der Waals surface area contributed by atoms with Gasteiger partial charge in [-0.2, -0.15) is 0 Å². The standard InChI is InChI=1S/C14H11N5O3S/c20-14(17-23(21,22)12-7-4-8-15-9-12)13-10-19(18-16-13)11-5-2-1-3-6-11/h1-10H,(H,17,20). The number of hydrogen-bond acceptors (Lipinski definition) is 6. The molecule has 0 aliphatic carbocycles. The van der Waals surface area contributed by atoms with Gasteiger partial charge in [-0.3, -0.25) is 9.78 Å². The van der Waals surface area contributed by atoms with Crippen LogP contribution in [0, 0.1) is 0 Å². The molecule has 1 aromatic carbocycles. The third-order valence-electron chi connectivity index (χ3n) is 2.92. The number of carbonyl (C=O) groups excluding carboxylic acids is 1. The lowest BCUT2D eigenvalue weighted by Crippen LogP contribution is -2.30. The van der Waals surface area contributed by atoms with Crippen molar-refractivity contribution in [2.75, 3.05) is 0 Å². The van der Waals surface area contributed by atoms with Gasteiger partial charge in [0.1, 0.15) is 4.90 Å². The lowest BCUT2D eigenvalue weighted by atomic mass is 10.3. The third kappa shape index (κ3) is 3.24. The number of nitrogens with one attached hydrogen (secondary N) is 1. The number of benzene rings is 1. The van der Waals surface area contributed by atoms with E-state index in [1.807, 2.05) is 22.9 Å². The summed E-state index contributed by atoms with van der Waals surface area (Å²) in [6.07, 6.45) is 3.94. The summed E-state index contributed by atoms with van der Waals surface area (Å²) in [6.45, 7) is 0. The fourth-order valence-electron chi connectivity index (χ4n) is 1.81. The van der Waals surface area contributed by atoms with E-state index in [0.717, 1.165) is 6.20 Å². The van der Waals surface area contributed by atoms with Crippen LogP contribution in [0.15, 0.2) is 66.0 Å². The molecule has 8 nitrogen and oxygen atoms in total. The molecule has 0 fully saturated rings. The number of carbonyl (C=O) groups is 1. The monoisotopic (exact) mass is 329 g/mol. The Hall–Kier alpha value is -3.07. The Balaban J connectivity index is 1.81. The first kappa shape index (κ1) is 14.9. The summed E-state index contributed by atoms with van der Waals surface area (Å²) in [5.41, 5.74) is 0.593. The number of aromatic nitrogens is 4. The predicted octanol–water partition coefficient (Wildman–Crippen LogP) is 0.781. The maximum Gasteiger partial charge on any atom is 0.287 e. The van der Waals surface area contributed by atoms with Crippen LogP contribution in [-0.4, -0.2) is 34.3 Å². The normalized spacial score (nSPS) is 11.1. The molecule has 0 atom stereocenters. The van der Waals surface area contributed by atoms with Crippen molar-refractivity contribution in [3.8, 4) is 5.69 Å². The molecule has 2 aromatic heterocycles. The van der Waals surface area contributed by atoms with Crippen LogP contribution in [0.5, 0.6) is 0 Å². The van der Waals surface area contributed by atoms with Gasteiger partial charge in [-0.25, -0.2) is 17.8 Å². The zero-order valence-electron chi connectivity index (χ0n) is 11.7. The summed E-state index contributed by atoms with van der Waals surface area (Å²) in [7, 11) is -4.00. The van der Waals surface area contributed by atoms with Gasteiger partial charge in [0.05, 0.1) is 11.9 Å². The summed E-state index contributed by atoms with van der Waals surface area (Å²) >= 11 is 0. The van der Waals surface area contributed by atoms with E-state index in [9.17, 15) is 13.2 Å². The van der Waals surface area contributed by atoms with E-state index < -0.39 is 15.9 Å². The van der Waals surface area contributed by atoms with Gasteiger partial charge in [-0.15, -0.1) is 5.10 Å². The van der Waals surface area contributed by atoms with E-state index in [0.29, 0.717) is 5.69 Å². The zero-order valence-corrected chi connectivity index (χ0v) is 12.5. The predicted molar refractivity (Wildman–Crippen MR) is 80.2 cm³/mol. The molecule has 0 spiro atoms. The van der Waals surface area contributed by atoms with Gasteiger partial charge in [0.25, 0.3) is 15.9 Å². The van der Waals surface area contributed by atoms with Gasteiger partial charge in [-0.1, -0.05) is 23.4 Å². The van der Waals surface area contributed by atoms with E-state index in [-0.39, 0.29) is 10.6 Å². The number of nitrogens with zero attached hydrogens (tertiary/aromatic N) is 4. The Labute approximate surface area is 131 Å². The van der Waals surface area contributed by atoms with E-state index in [2.05, 4.69) is 15.3 Å². The average molecular weight is 329 g/mol. The van der Waals surface area contributed by atoms with Crippen LogP contribution >= 0.6 is 0 Å². The van der Waals surface area contributed by atoms with E-state index >= 15 is 0 Å². The number of amides is 1. The Morgan fingerprint density at radius 1 is 1.09 bits per heavy atom. The summed E-state index contributed by atoms with van der Waals surface area (Å²) in [4.78, 5) is 15.7.